The molecule has 1 aliphatic carbocycles. The Balaban J connectivity index is 1.34. The van der Waals surface area contributed by atoms with Gasteiger partial charge in [-0.3, -0.25) is 0 Å². The third-order valence-corrected chi connectivity index (χ3v) is 3.57. The molecule has 6 nitrogen and oxygen atoms in total. The molecule has 1 fully saturated rings. The number of nitrogens with one attached hydrogen (secondary N) is 2. The number of aromatic nitrogens is 2. The van der Waals surface area contributed by atoms with Crippen LogP contribution in [0.15, 0.2) is 42.7 Å². The van der Waals surface area contributed by atoms with Crippen LogP contribution in [0.5, 0.6) is 5.75 Å². The molecule has 0 spiro atoms. The lowest BCUT2D eigenvalue weighted by atomic mass is 10.2. The lowest BCUT2D eigenvalue weighted by Gasteiger charge is -2.09. The maximum atomic E-state index is 11.7. The Morgan fingerprint density at radius 3 is 2.78 bits per heavy atom. The molecule has 2 aromatic rings. The van der Waals surface area contributed by atoms with Crippen molar-refractivity contribution in [2.45, 2.75) is 25.3 Å². The van der Waals surface area contributed by atoms with Gasteiger partial charge in [0.1, 0.15) is 18.7 Å². The smallest absolute Gasteiger partial charge is 0.315 e. The minimum Gasteiger partial charge on any atom is -0.492 e. The average molecular weight is 312 g/mol. The highest BCUT2D eigenvalue weighted by Gasteiger charge is 2.25. The Labute approximate surface area is 135 Å². The van der Waals surface area contributed by atoms with E-state index < -0.39 is 0 Å². The SMILES string of the molecule is O=C(NCCOc1ccccc1)NCc1cc(C2CC2)ncn1. The van der Waals surface area contributed by atoms with Crippen molar-refractivity contribution in [3.8, 4) is 5.75 Å². The van der Waals surface area contributed by atoms with Gasteiger partial charge in [0, 0.05) is 11.6 Å². The molecule has 2 amide bonds. The van der Waals surface area contributed by atoms with Gasteiger partial charge in [0.15, 0.2) is 0 Å². The summed E-state index contributed by atoms with van der Waals surface area (Å²) in [5.41, 5.74) is 1.91. The Morgan fingerprint density at radius 1 is 1.17 bits per heavy atom. The number of amides is 2. The van der Waals surface area contributed by atoms with E-state index in [9.17, 15) is 4.79 Å². The second kappa shape index (κ2) is 7.58. The Bertz CT molecular complexity index is 644. The second-order valence-corrected chi connectivity index (χ2v) is 5.48. The topological polar surface area (TPSA) is 76.1 Å². The van der Waals surface area contributed by atoms with Crippen LogP contribution in [0.25, 0.3) is 0 Å². The van der Waals surface area contributed by atoms with Crippen molar-refractivity contribution < 1.29 is 9.53 Å². The summed E-state index contributed by atoms with van der Waals surface area (Å²) >= 11 is 0. The summed E-state index contributed by atoms with van der Waals surface area (Å²) in [5, 5.41) is 5.54. The number of benzene rings is 1. The van der Waals surface area contributed by atoms with Gasteiger partial charge in [-0.05, 0) is 31.0 Å². The molecule has 3 rings (SSSR count). The highest BCUT2D eigenvalue weighted by molar-refractivity contribution is 5.73. The standard InChI is InChI=1S/C17H20N4O2/c22-17(18-8-9-23-15-4-2-1-3-5-15)19-11-14-10-16(13-6-7-13)21-12-20-14/h1-5,10,12-13H,6-9,11H2,(H2,18,19,22). The van der Waals surface area contributed by atoms with Crippen LogP contribution in [0.2, 0.25) is 0 Å². The summed E-state index contributed by atoms with van der Waals surface area (Å²) in [6.45, 7) is 1.27. The first-order valence-corrected chi connectivity index (χ1v) is 7.81. The van der Waals surface area contributed by atoms with E-state index in [4.69, 9.17) is 4.74 Å². The first-order chi connectivity index (χ1) is 11.3. The van der Waals surface area contributed by atoms with Crippen LogP contribution in [0.1, 0.15) is 30.1 Å². The number of urea groups is 1. The van der Waals surface area contributed by atoms with Crippen LogP contribution in [0.3, 0.4) is 0 Å². The zero-order valence-corrected chi connectivity index (χ0v) is 12.9. The zero-order chi connectivity index (χ0) is 15.9. The molecule has 6 heteroatoms. The van der Waals surface area contributed by atoms with Crippen LogP contribution < -0.4 is 15.4 Å². The van der Waals surface area contributed by atoms with Gasteiger partial charge in [-0.15, -0.1) is 0 Å². The first-order valence-electron chi connectivity index (χ1n) is 7.81. The fourth-order valence-electron chi connectivity index (χ4n) is 2.20. The number of nitrogens with zero attached hydrogens (tertiary/aromatic N) is 2. The molecule has 1 aromatic carbocycles. The van der Waals surface area contributed by atoms with E-state index >= 15 is 0 Å². The maximum absolute atomic E-state index is 11.7. The van der Waals surface area contributed by atoms with E-state index in [0.717, 1.165) is 17.1 Å². The summed E-state index contributed by atoms with van der Waals surface area (Å²) in [6, 6.07) is 11.3. The monoisotopic (exact) mass is 312 g/mol. The zero-order valence-electron chi connectivity index (χ0n) is 12.9. The molecule has 0 bridgehead atoms. The molecule has 1 heterocycles. The van der Waals surface area contributed by atoms with Crippen molar-refractivity contribution in [1.29, 1.82) is 0 Å². The number of ether oxygens (including phenoxy) is 1. The number of carbonyl (C=O) groups is 1. The molecule has 0 saturated heterocycles. The van der Waals surface area contributed by atoms with Crippen molar-refractivity contribution in [3.63, 3.8) is 0 Å². The Morgan fingerprint density at radius 2 is 2.00 bits per heavy atom. The van der Waals surface area contributed by atoms with Crippen molar-refractivity contribution in [2.24, 2.45) is 0 Å². The van der Waals surface area contributed by atoms with Gasteiger partial charge >= 0.3 is 6.03 Å². The van der Waals surface area contributed by atoms with E-state index in [1.165, 1.54) is 12.8 Å². The van der Waals surface area contributed by atoms with Crippen LogP contribution in [-0.4, -0.2) is 29.2 Å². The molecule has 1 aromatic heterocycles. The normalized spacial score (nSPS) is 13.4. The number of carbonyl (C=O) groups excluding carboxylic acids is 1. The average Bonchev–Trinajstić information content (AvgIpc) is 3.43. The highest BCUT2D eigenvalue weighted by atomic mass is 16.5. The van der Waals surface area contributed by atoms with Crippen molar-refractivity contribution >= 4 is 6.03 Å². The quantitative estimate of drug-likeness (QED) is 0.769. The van der Waals surface area contributed by atoms with E-state index in [2.05, 4.69) is 20.6 Å². The van der Waals surface area contributed by atoms with Gasteiger partial charge in [0.05, 0.1) is 18.8 Å². The van der Waals surface area contributed by atoms with Gasteiger partial charge in [0.2, 0.25) is 0 Å². The van der Waals surface area contributed by atoms with E-state index in [1.807, 2.05) is 36.4 Å². The molecule has 2 N–H and O–H groups in total. The summed E-state index contributed by atoms with van der Waals surface area (Å²) in [5.74, 6) is 1.38. The van der Waals surface area contributed by atoms with E-state index in [0.29, 0.717) is 25.6 Å². The molecule has 1 saturated carbocycles. The van der Waals surface area contributed by atoms with Gasteiger partial charge in [-0.25, -0.2) is 14.8 Å². The van der Waals surface area contributed by atoms with Crippen molar-refractivity contribution in [3.05, 3.63) is 54.1 Å². The molecular formula is C17H20N4O2. The predicted molar refractivity (Wildman–Crippen MR) is 86.2 cm³/mol. The summed E-state index contributed by atoms with van der Waals surface area (Å²) in [4.78, 5) is 20.2. The summed E-state index contributed by atoms with van der Waals surface area (Å²) in [6.07, 6.45) is 3.97. The second-order valence-electron chi connectivity index (χ2n) is 5.48. The lowest BCUT2D eigenvalue weighted by Crippen LogP contribution is -2.37. The molecule has 0 aliphatic heterocycles. The van der Waals surface area contributed by atoms with Crippen LogP contribution in [-0.2, 0) is 6.54 Å². The minimum atomic E-state index is -0.228. The Hall–Kier alpha value is -2.63. The van der Waals surface area contributed by atoms with Crippen molar-refractivity contribution in [2.75, 3.05) is 13.2 Å². The van der Waals surface area contributed by atoms with Gasteiger partial charge in [-0.1, -0.05) is 18.2 Å². The largest absolute Gasteiger partial charge is 0.492 e. The number of rotatable bonds is 7. The molecule has 23 heavy (non-hydrogen) atoms. The molecule has 0 radical (unpaired) electrons. The van der Waals surface area contributed by atoms with Crippen LogP contribution >= 0.6 is 0 Å². The number of para-hydroxylation sites is 1. The molecular weight excluding hydrogens is 292 g/mol. The fraction of sp³-hybridized carbons (Fsp3) is 0.353. The fourth-order valence-corrected chi connectivity index (χ4v) is 2.20. The maximum Gasteiger partial charge on any atom is 0.315 e. The summed E-state index contributed by atoms with van der Waals surface area (Å²) < 4.78 is 5.51. The molecule has 1 aliphatic rings. The van der Waals surface area contributed by atoms with E-state index in [1.54, 1.807) is 6.33 Å². The highest BCUT2D eigenvalue weighted by Crippen LogP contribution is 2.38. The van der Waals surface area contributed by atoms with Crippen LogP contribution in [0, 0.1) is 0 Å². The van der Waals surface area contributed by atoms with Crippen molar-refractivity contribution in [1.82, 2.24) is 20.6 Å². The van der Waals surface area contributed by atoms with E-state index in [-0.39, 0.29) is 6.03 Å². The lowest BCUT2D eigenvalue weighted by molar-refractivity contribution is 0.236. The third kappa shape index (κ3) is 4.95. The first kappa shape index (κ1) is 15.3. The number of hydrogen-bond acceptors (Lipinski definition) is 4. The number of hydrogen-bond donors (Lipinski definition) is 2. The molecule has 0 atom stereocenters. The molecule has 120 valence electrons. The van der Waals surface area contributed by atoms with Crippen LogP contribution in [0.4, 0.5) is 4.79 Å². The third-order valence-electron chi connectivity index (χ3n) is 3.57. The predicted octanol–water partition coefficient (Wildman–Crippen LogP) is 2.23. The van der Waals surface area contributed by atoms with Gasteiger partial charge in [0.25, 0.3) is 0 Å². The summed E-state index contributed by atoms with van der Waals surface area (Å²) in [7, 11) is 0. The minimum absolute atomic E-state index is 0.228. The molecule has 0 unspecified atom stereocenters. The Kier molecular flexibility index (Phi) is 5.03. The van der Waals surface area contributed by atoms with Gasteiger partial charge in [-0.2, -0.15) is 0 Å². The van der Waals surface area contributed by atoms with Gasteiger partial charge < -0.3 is 15.4 Å².